The van der Waals surface area contributed by atoms with Crippen molar-refractivity contribution >= 4 is 11.6 Å². The fourth-order valence-electron chi connectivity index (χ4n) is 3.46. The number of nitrogens with zero attached hydrogens (tertiary/aromatic N) is 2. The van der Waals surface area contributed by atoms with Crippen LogP contribution >= 0.6 is 11.6 Å². The van der Waals surface area contributed by atoms with Crippen LogP contribution in [0.5, 0.6) is 11.5 Å². The van der Waals surface area contributed by atoms with E-state index >= 15 is 0 Å². The van der Waals surface area contributed by atoms with Gasteiger partial charge in [0.1, 0.15) is 18.1 Å². The Balaban J connectivity index is 1.25. The zero-order valence-electron chi connectivity index (χ0n) is 17.5. The number of aliphatic hydroxyl groups excluding tert-OH is 1. The van der Waals surface area contributed by atoms with Crippen molar-refractivity contribution in [3.63, 3.8) is 0 Å². The van der Waals surface area contributed by atoms with Crippen molar-refractivity contribution < 1.29 is 19.3 Å². The van der Waals surface area contributed by atoms with Gasteiger partial charge in [-0.05, 0) is 29.8 Å². The highest BCUT2D eigenvalue weighted by molar-refractivity contribution is 6.30. The summed E-state index contributed by atoms with van der Waals surface area (Å²) in [4.78, 5) is 4.72. The molecular weight excluding hydrogens is 404 g/mol. The lowest BCUT2D eigenvalue weighted by Crippen LogP contribution is -2.48. The molecule has 6 nitrogen and oxygen atoms in total. The third-order valence-corrected chi connectivity index (χ3v) is 5.35. The molecule has 1 fully saturated rings. The number of aliphatic hydroxyl groups is 1. The van der Waals surface area contributed by atoms with Crippen LogP contribution in [0.15, 0.2) is 48.5 Å². The molecule has 1 atom stereocenters. The SMILES string of the molecule is COc1cccc(OCCOC[C@@H](O)CN2CCN(Cc3ccc(Cl)cc3)CC2)c1. The fraction of sp³-hybridized carbons (Fsp3) is 0.478. The van der Waals surface area contributed by atoms with Gasteiger partial charge in [-0.3, -0.25) is 9.80 Å². The lowest BCUT2D eigenvalue weighted by atomic mass is 10.2. The third-order valence-electron chi connectivity index (χ3n) is 5.10. The molecule has 0 radical (unpaired) electrons. The number of β-amino-alcohol motifs (C(OH)–C–C–N with tert-alkyl or cyclic N) is 1. The quantitative estimate of drug-likeness (QED) is 0.549. The number of hydrogen-bond acceptors (Lipinski definition) is 6. The van der Waals surface area contributed by atoms with E-state index in [4.69, 9.17) is 25.8 Å². The molecular formula is C23H31ClN2O4. The maximum atomic E-state index is 10.3. The molecule has 0 aromatic heterocycles. The minimum atomic E-state index is -0.496. The average Bonchev–Trinajstić information content (AvgIpc) is 2.76. The number of piperazine rings is 1. The summed E-state index contributed by atoms with van der Waals surface area (Å²) in [5, 5.41) is 11.0. The lowest BCUT2D eigenvalue weighted by molar-refractivity contribution is -0.000445. The number of rotatable bonds is 11. The van der Waals surface area contributed by atoms with E-state index in [0.29, 0.717) is 26.4 Å². The average molecular weight is 435 g/mol. The van der Waals surface area contributed by atoms with E-state index in [9.17, 15) is 5.11 Å². The van der Waals surface area contributed by atoms with Crippen molar-refractivity contribution in [2.45, 2.75) is 12.6 Å². The number of ether oxygens (including phenoxy) is 3. The summed E-state index contributed by atoms with van der Waals surface area (Å²) >= 11 is 5.95. The Morgan fingerprint density at radius 1 is 0.967 bits per heavy atom. The van der Waals surface area contributed by atoms with Crippen molar-refractivity contribution in [1.29, 1.82) is 0 Å². The molecule has 0 spiro atoms. The van der Waals surface area contributed by atoms with Crippen molar-refractivity contribution in [1.82, 2.24) is 9.80 Å². The number of benzene rings is 2. The van der Waals surface area contributed by atoms with E-state index in [-0.39, 0.29) is 0 Å². The second-order valence-electron chi connectivity index (χ2n) is 7.46. The molecule has 30 heavy (non-hydrogen) atoms. The molecule has 2 aromatic carbocycles. The van der Waals surface area contributed by atoms with Gasteiger partial charge in [-0.15, -0.1) is 0 Å². The second-order valence-corrected chi connectivity index (χ2v) is 7.90. The van der Waals surface area contributed by atoms with Crippen LogP contribution in [0.4, 0.5) is 0 Å². The molecule has 0 aliphatic carbocycles. The highest BCUT2D eigenvalue weighted by atomic mass is 35.5. The van der Waals surface area contributed by atoms with Crippen molar-refractivity contribution in [2.75, 3.05) is 59.7 Å². The molecule has 164 valence electrons. The predicted molar refractivity (Wildman–Crippen MR) is 118 cm³/mol. The predicted octanol–water partition coefficient (Wildman–Crippen LogP) is 2.92. The summed E-state index contributed by atoms with van der Waals surface area (Å²) in [6.07, 6.45) is -0.496. The van der Waals surface area contributed by atoms with Gasteiger partial charge in [0.05, 0.1) is 26.4 Å². The standard InChI is InChI=1S/C23H31ClN2O4/c1-28-22-3-2-4-23(15-22)30-14-13-29-18-21(27)17-26-11-9-25(10-12-26)16-19-5-7-20(24)8-6-19/h2-8,15,21,27H,9-14,16-18H2,1H3/t21-/m0/s1. The molecule has 0 amide bonds. The molecule has 1 aliphatic heterocycles. The number of methoxy groups -OCH3 is 1. The van der Waals surface area contributed by atoms with E-state index in [2.05, 4.69) is 21.9 Å². The summed E-state index contributed by atoms with van der Waals surface area (Å²) in [6, 6.07) is 15.5. The van der Waals surface area contributed by atoms with Crippen LogP contribution in [0.25, 0.3) is 0 Å². The maximum absolute atomic E-state index is 10.3. The van der Waals surface area contributed by atoms with E-state index in [1.54, 1.807) is 7.11 Å². The molecule has 0 unspecified atom stereocenters. The molecule has 1 heterocycles. The summed E-state index contributed by atoms with van der Waals surface area (Å²) in [5.41, 5.74) is 1.28. The van der Waals surface area contributed by atoms with E-state index in [0.717, 1.165) is 49.2 Å². The highest BCUT2D eigenvalue weighted by Crippen LogP contribution is 2.18. The monoisotopic (exact) mass is 434 g/mol. The van der Waals surface area contributed by atoms with Crippen LogP contribution in [0, 0.1) is 0 Å². The summed E-state index contributed by atoms with van der Waals surface area (Å²) in [5.74, 6) is 1.51. The van der Waals surface area contributed by atoms with Crippen LogP contribution in [0.2, 0.25) is 5.02 Å². The van der Waals surface area contributed by atoms with Gasteiger partial charge in [-0.25, -0.2) is 0 Å². The molecule has 2 aromatic rings. The van der Waals surface area contributed by atoms with Gasteiger partial charge in [0, 0.05) is 50.4 Å². The molecule has 7 heteroatoms. The van der Waals surface area contributed by atoms with Crippen LogP contribution in [-0.4, -0.2) is 80.7 Å². The van der Waals surface area contributed by atoms with Gasteiger partial charge in [-0.1, -0.05) is 29.8 Å². The van der Waals surface area contributed by atoms with Crippen LogP contribution in [0.3, 0.4) is 0 Å². The van der Waals surface area contributed by atoms with Gasteiger partial charge < -0.3 is 19.3 Å². The smallest absolute Gasteiger partial charge is 0.123 e. The summed E-state index contributed by atoms with van der Waals surface area (Å²) in [7, 11) is 1.63. The Hall–Kier alpha value is -1.83. The largest absolute Gasteiger partial charge is 0.497 e. The van der Waals surface area contributed by atoms with Gasteiger partial charge in [-0.2, -0.15) is 0 Å². The van der Waals surface area contributed by atoms with Crippen molar-refractivity contribution in [3.8, 4) is 11.5 Å². The lowest BCUT2D eigenvalue weighted by Gasteiger charge is -2.35. The molecule has 0 bridgehead atoms. The van der Waals surface area contributed by atoms with Gasteiger partial charge in [0.2, 0.25) is 0 Å². The van der Waals surface area contributed by atoms with E-state index < -0.39 is 6.10 Å². The first-order valence-electron chi connectivity index (χ1n) is 10.3. The Bertz CT molecular complexity index is 751. The minimum Gasteiger partial charge on any atom is -0.497 e. The maximum Gasteiger partial charge on any atom is 0.123 e. The summed E-state index contributed by atoms with van der Waals surface area (Å²) < 4.78 is 16.4. The Morgan fingerprint density at radius 2 is 1.67 bits per heavy atom. The molecule has 1 N–H and O–H groups in total. The van der Waals surface area contributed by atoms with Gasteiger partial charge in [0.15, 0.2) is 0 Å². The van der Waals surface area contributed by atoms with E-state index in [1.165, 1.54) is 5.56 Å². The first kappa shape index (κ1) is 22.8. The van der Waals surface area contributed by atoms with Crippen LogP contribution < -0.4 is 9.47 Å². The molecule has 1 saturated heterocycles. The fourth-order valence-corrected chi connectivity index (χ4v) is 3.58. The summed E-state index contributed by atoms with van der Waals surface area (Å²) in [6.45, 7) is 6.62. The van der Waals surface area contributed by atoms with Gasteiger partial charge >= 0.3 is 0 Å². The van der Waals surface area contributed by atoms with Crippen LogP contribution in [0.1, 0.15) is 5.56 Å². The molecule has 0 saturated carbocycles. The Morgan fingerprint density at radius 3 is 2.40 bits per heavy atom. The normalized spacial score (nSPS) is 16.4. The zero-order valence-corrected chi connectivity index (χ0v) is 18.3. The molecule has 1 aliphatic rings. The zero-order chi connectivity index (χ0) is 21.2. The Kier molecular flexibility index (Phi) is 9.24. The minimum absolute atomic E-state index is 0.312. The second kappa shape index (κ2) is 12.1. The van der Waals surface area contributed by atoms with Crippen molar-refractivity contribution in [3.05, 3.63) is 59.1 Å². The topological polar surface area (TPSA) is 54.4 Å². The number of halogens is 1. The van der Waals surface area contributed by atoms with Crippen molar-refractivity contribution in [2.24, 2.45) is 0 Å². The van der Waals surface area contributed by atoms with E-state index in [1.807, 2.05) is 36.4 Å². The Labute approximate surface area is 183 Å². The first-order chi connectivity index (χ1) is 14.6. The first-order valence-corrected chi connectivity index (χ1v) is 10.7. The van der Waals surface area contributed by atoms with Gasteiger partial charge in [0.25, 0.3) is 0 Å². The van der Waals surface area contributed by atoms with Crippen LogP contribution in [-0.2, 0) is 11.3 Å². The molecule has 3 rings (SSSR count). The number of hydrogen-bond donors (Lipinski definition) is 1. The third kappa shape index (κ3) is 7.78. The highest BCUT2D eigenvalue weighted by Gasteiger charge is 2.19.